The summed E-state index contributed by atoms with van der Waals surface area (Å²) in [7, 11) is 5.40. The van der Waals surface area contributed by atoms with Gasteiger partial charge in [-0.25, -0.2) is 9.37 Å². The molecule has 14 heteroatoms. The summed E-state index contributed by atoms with van der Waals surface area (Å²) in [4.78, 5) is 45.4. The van der Waals surface area contributed by atoms with E-state index in [0.717, 1.165) is 24.1 Å². The number of fused-ring (bicyclic) bond motifs is 1. The minimum atomic E-state index is -0.710. The second kappa shape index (κ2) is 11.5. The van der Waals surface area contributed by atoms with Crippen molar-refractivity contribution in [2.75, 3.05) is 19.1 Å². The molecule has 0 saturated heterocycles. The summed E-state index contributed by atoms with van der Waals surface area (Å²) in [5, 5.41) is 25.2. The van der Waals surface area contributed by atoms with Crippen LogP contribution in [0, 0.1) is 11.7 Å². The number of benzene rings is 1. The largest absolute Gasteiger partial charge is 0.502 e. The van der Waals surface area contributed by atoms with Gasteiger partial charge in [-0.3, -0.25) is 24.1 Å². The van der Waals surface area contributed by atoms with E-state index in [1.54, 1.807) is 41.3 Å². The Labute approximate surface area is 256 Å². The molecule has 12 nitrogen and oxygen atoms in total. The number of rotatable bonds is 7. The Morgan fingerprint density at radius 2 is 1.84 bits per heavy atom. The van der Waals surface area contributed by atoms with Crippen LogP contribution >= 0.6 is 11.3 Å². The second-order valence-electron chi connectivity index (χ2n) is 11.5. The third-order valence-corrected chi connectivity index (χ3v) is 9.75. The lowest BCUT2D eigenvalue weighted by atomic mass is 9.78. The molecular formula is C30H33FN8O4S. The highest BCUT2D eigenvalue weighted by Crippen LogP contribution is 2.42. The van der Waals surface area contributed by atoms with Gasteiger partial charge in [0, 0.05) is 46.4 Å². The first-order valence-electron chi connectivity index (χ1n) is 14.4. The quantitative estimate of drug-likeness (QED) is 0.322. The van der Waals surface area contributed by atoms with Crippen molar-refractivity contribution in [2.24, 2.45) is 13.0 Å². The van der Waals surface area contributed by atoms with Gasteiger partial charge in [-0.05, 0) is 49.3 Å². The maximum absolute atomic E-state index is 13.6. The summed E-state index contributed by atoms with van der Waals surface area (Å²) in [6.45, 7) is 0.375. The number of carbonyl (C=O) groups is 2. The number of pyridine rings is 1. The number of amides is 2. The van der Waals surface area contributed by atoms with E-state index in [-0.39, 0.29) is 28.9 Å². The maximum Gasteiger partial charge on any atom is 0.278 e. The van der Waals surface area contributed by atoms with Crippen molar-refractivity contribution in [2.45, 2.75) is 50.7 Å². The van der Waals surface area contributed by atoms with Gasteiger partial charge < -0.3 is 19.9 Å². The first kappa shape index (κ1) is 29.5. The van der Waals surface area contributed by atoms with Gasteiger partial charge >= 0.3 is 0 Å². The lowest BCUT2D eigenvalue weighted by Crippen LogP contribution is -2.69. The van der Waals surface area contributed by atoms with E-state index >= 15 is 0 Å². The van der Waals surface area contributed by atoms with E-state index in [0.29, 0.717) is 42.2 Å². The van der Waals surface area contributed by atoms with Crippen LogP contribution in [0.5, 0.6) is 5.75 Å². The molecule has 2 aliphatic rings. The Kier molecular flexibility index (Phi) is 7.70. The average Bonchev–Trinajstić information content (AvgIpc) is 3.66. The van der Waals surface area contributed by atoms with E-state index in [1.165, 1.54) is 23.5 Å². The first-order valence-corrected chi connectivity index (χ1v) is 15.2. The molecule has 2 amide bonds. The van der Waals surface area contributed by atoms with E-state index < -0.39 is 22.7 Å². The van der Waals surface area contributed by atoms with Crippen LogP contribution in [0.25, 0.3) is 10.6 Å². The molecule has 1 aliphatic heterocycles. The van der Waals surface area contributed by atoms with Crippen molar-refractivity contribution < 1.29 is 19.1 Å². The van der Waals surface area contributed by atoms with Crippen molar-refractivity contribution >= 4 is 23.2 Å². The molecule has 0 radical (unpaired) electrons. The number of halogens is 1. The number of nitrogens with one attached hydrogen (secondary N) is 1. The van der Waals surface area contributed by atoms with Crippen LogP contribution < -0.4 is 15.8 Å². The fraction of sp³-hybridized carbons (Fsp3) is 0.400. The van der Waals surface area contributed by atoms with Crippen molar-refractivity contribution in [3.8, 4) is 16.3 Å². The number of nitrogens with zero attached hydrogens (tertiary/aromatic N) is 7. The monoisotopic (exact) mass is 620 g/mol. The molecule has 6 rings (SSSR count). The molecule has 1 aliphatic carbocycles. The molecule has 1 saturated carbocycles. The van der Waals surface area contributed by atoms with Crippen LogP contribution in [0.15, 0.2) is 47.8 Å². The summed E-state index contributed by atoms with van der Waals surface area (Å²) in [5.41, 5.74) is 0.249. The van der Waals surface area contributed by atoms with E-state index in [1.807, 2.05) is 29.9 Å². The predicted octanol–water partition coefficient (Wildman–Crippen LogP) is 2.78. The first-order chi connectivity index (χ1) is 21.1. The molecule has 44 heavy (non-hydrogen) atoms. The fourth-order valence-electron chi connectivity index (χ4n) is 6.24. The van der Waals surface area contributed by atoms with Crippen LogP contribution in [-0.2, 0) is 24.8 Å². The van der Waals surface area contributed by atoms with Crippen LogP contribution in [0.1, 0.15) is 58.9 Å². The molecule has 3 aromatic heterocycles. The van der Waals surface area contributed by atoms with Crippen LogP contribution in [0.4, 0.5) is 4.39 Å². The standard InChI is InChI=1S/C30H33FN8O4S/c1-36-15-21(33-17-36)14-32-23(40)12-19-8-10-30(11-9-19)37(2)29(43)25-27(42)26(41)22(16-39(25)38(30)3)28-35-34-24(44-28)13-18-4-6-20(31)7-5-18/h4-7,15-17,19,42H,8-14H2,1-3H3,(H,32,40). The van der Waals surface area contributed by atoms with Gasteiger partial charge in [0.25, 0.3) is 5.91 Å². The molecule has 1 fully saturated rings. The number of hydrogen-bond donors (Lipinski definition) is 2. The van der Waals surface area contributed by atoms with Crippen molar-refractivity contribution in [1.82, 2.24) is 34.6 Å². The van der Waals surface area contributed by atoms with E-state index in [4.69, 9.17) is 0 Å². The Hall–Kier alpha value is -4.59. The minimum absolute atomic E-state index is 0.0360. The molecule has 4 aromatic rings. The van der Waals surface area contributed by atoms with Gasteiger partial charge in [0.15, 0.2) is 16.5 Å². The number of hydrogen-bond acceptors (Lipinski definition) is 9. The fourth-order valence-corrected chi connectivity index (χ4v) is 7.12. The van der Waals surface area contributed by atoms with Gasteiger partial charge in [-0.15, -0.1) is 10.2 Å². The second-order valence-corrected chi connectivity index (χ2v) is 12.6. The smallest absolute Gasteiger partial charge is 0.278 e. The van der Waals surface area contributed by atoms with Crippen molar-refractivity contribution in [3.63, 3.8) is 0 Å². The number of aryl methyl sites for hydroxylation is 1. The third-order valence-electron chi connectivity index (χ3n) is 8.79. The number of imidazole rings is 1. The summed E-state index contributed by atoms with van der Waals surface area (Å²) in [6, 6.07) is 6.07. The van der Waals surface area contributed by atoms with Gasteiger partial charge in [0.2, 0.25) is 11.3 Å². The van der Waals surface area contributed by atoms with Crippen LogP contribution in [0.2, 0.25) is 0 Å². The van der Waals surface area contributed by atoms with Crippen molar-refractivity contribution in [3.05, 3.63) is 81.0 Å². The Morgan fingerprint density at radius 1 is 1.11 bits per heavy atom. The molecule has 0 unspecified atom stereocenters. The number of carbonyl (C=O) groups excluding carboxylic acids is 2. The summed E-state index contributed by atoms with van der Waals surface area (Å²) < 4.78 is 16.7. The maximum atomic E-state index is 13.6. The molecule has 0 atom stereocenters. The SMILES string of the molecule is CN1C(=O)c2c(O)c(=O)c(-c3nnc(Cc4ccc(F)cc4)s3)cn2N(C)C12CCC(CC(=O)NCc1cn(C)cn1)CC2. The predicted molar refractivity (Wildman–Crippen MR) is 161 cm³/mol. The van der Waals surface area contributed by atoms with E-state index in [2.05, 4.69) is 20.5 Å². The Morgan fingerprint density at radius 3 is 2.52 bits per heavy atom. The number of aromatic hydroxyl groups is 1. The zero-order valence-corrected chi connectivity index (χ0v) is 25.5. The third kappa shape index (κ3) is 5.34. The van der Waals surface area contributed by atoms with Crippen LogP contribution in [-0.4, -0.2) is 66.0 Å². The normalized spacial score (nSPS) is 19.8. The van der Waals surface area contributed by atoms with Gasteiger partial charge in [-0.2, -0.15) is 0 Å². The highest BCUT2D eigenvalue weighted by molar-refractivity contribution is 7.14. The highest BCUT2D eigenvalue weighted by Gasteiger charge is 2.50. The van der Waals surface area contributed by atoms with Crippen LogP contribution in [0.3, 0.4) is 0 Å². The van der Waals surface area contributed by atoms with Gasteiger partial charge in [-0.1, -0.05) is 23.5 Å². The Balaban J connectivity index is 1.20. The molecule has 2 N–H and O–H groups in total. The molecule has 1 spiro atoms. The Bertz CT molecular complexity index is 1770. The van der Waals surface area contributed by atoms with Gasteiger partial charge in [0.1, 0.15) is 16.5 Å². The molecule has 4 heterocycles. The highest BCUT2D eigenvalue weighted by atomic mass is 32.1. The van der Waals surface area contributed by atoms with Gasteiger partial charge in [0.05, 0.1) is 24.1 Å². The zero-order chi connectivity index (χ0) is 31.2. The zero-order valence-electron chi connectivity index (χ0n) is 24.7. The summed E-state index contributed by atoms with van der Waals surface area (Å²) in [5.74, 6) is -1.31. The lowest BCUT2D eigenvalue weighted by Gasteiger charge is -2.55. The minimum Gasteiger partial charge on any atom is -0.502 e. The summed E-state index contributed by atoms with van der Waals surface area (Å²) >= 11 is 1.20. The topological polar surface area (TPSA) is 138 Å². The average molecular weight is 621 g/mol. The van der Waals surface area contributed by atoms with Crippen molar-refractivity contribution in [1.29, 1.82) is 0 Å². The molecule has 230 valence electrons. The molecular weight excluding hydrogens is 587 g/mol. The summed E-state index contributed by atoms with van der Waals surface area (Å²) in [6.07, 6.45) is 8.54. The lowest BCUT2D eigenvalue weighted by molar-refractivity contribution is -0.122. The van der Waals surface area contributed by atoms with E-state index in [9.17, 15) is 23.9 Å². The number of aromatic nitrogens is 5. The molecule has 0 bridgehead atoms. The molecule has 1 aromatic carbocycles.